The highest BCUT2D eigenvalue weighted by Gasteiger charge is 2.21. The highest BCUT2D eigenvalue weighted by atomic mass is 35.5. The third-order valence-electron chi connectivity index (χ3n) is 2.53. The van der Waals surface area contributed by atoms with Gasteiger partial charge in [0, 0.05) is 5.69 Å². The number of aromatic hydroxyl groups is 1. The maximum Gasteiger partial charge on any atom is 0.263 e. The summed E-state index contributed by atoms with van der Waals surface area (Å²) >= 11 is 17.4. The summed E-state index contributed by atoms with van der Waals surface area (Å²) in [5.41, 5.74) is 5.76. The van der Waals surface area contributed by atoms with Crippen LogP contribution in [0.1, 0.15) is 0 Å². The van der Waals surface area contributed by atoms with Crippen LogP contribution in [-0.2, 0) is 10.0 Å². The minimum Gasteiger partial charge on any atom is -0.506 e. The summed E-state index contributed by atoms with van der Waals surface area (Å²) in [6, 6.07) is 6.32. The summed E-state index contributed by atoms with van der Waals surface area (Å²) < 4.78 is 26.8. The van der Waals surface area contributed by atoms with E-state index in [1.54, 1.807) is 0 Å². The van der Waals surface area contributed by atoms with Crippen LogP contribution in [-0.4, -0.2) is 13.5 Å². The van der Waals surface area contributed by atoms with Crippen molar-refractivity contribution in [3.8, 4) is 5.75 Å². The summed E-state index contributed by atoms with van der Waals surface area (Å²) in [6.45, 7) is 0. The second kappa shape index (κ2) is 5.81. The van der Waals surface area contributed by atoms with Gasteiger partial charge in [0.1, 0.15) is 10.6 Å². The Morgan fingerprint density at radius 3 is 2.29 bits per heavy atom. The number of nitrogens with one attached hydrogen (secondary N) is 1. The van der Waals surface area contributed by atoms with E-state index in [9.17, 15) is 13.5 Å². The predicted octanol–water partition coefficient (Wildman–Crippen LogP) is 3.74. The molecule has 0 aromatic heterocycles. The average Bonchev–Trinajstić information content (AvgIpc) is 2.37. The fourth-order valence-corrected chi connectivity index (χ4v) is 3.61. The molecule has 0 fully saturated rings. The zero-order chi connectivity index (χ0) is 15.8. The van der Waals surface area contributed by atoms with Gasteiger partial charge >= 0.3 is 0 Å². The average molecular weight is 368 g/mol. The van der Waals surface area contributed by atoms with Gasteiger partial charge in [0.2, 0.25) is 0 Å². The number of benzene rings is 2. The number of anilines is 2. The number of rotatable bonds is 3. The second-order valence-corrected chi connectivity index (χ2v) is 6.95. The second-order valence-electron chi connectivity index (χ2n) is 4.08. The molecule has 5 nitrogen and oxygen atoms in total. The van der Waals surface area contributed by atoms with Gasteiger partial charge in [-0.1, -0.05) is 34.8 Å². The molecule has 0 bridgehead atoms. The Hall–Kier alpha value is -1.34. The third-order valence-corrected chi connectivity index (χ3v) is 5.08. The van der Waals surface area contributed by atoms with Crippen molar-refractivity contribution < 1.29 is 13.5 Å². The molecule has 0 unspecified atom stereocenters. The number of nitrogens with two attached hydrogens (primary N) is 1. The normalized spacial score (nSPS) is 11.4. The summed E-state index contributed by atoms with van der Waals surface area (Å²) in [5.74, 6) is -0.274. The van der Waals surface area contributed by atoms with E-state index in [0.29, 0.717) is 0 Å². The van der Waals surface area contributed by atoms with Crippen LogP contribution in [0.25, 0.3) is 0 Å². The lowest BCUT2D eigenvalue weighted by atomic mass is 10.3. The van der Waals surface area contributed by atoms with Crippen LogP contribution in [0.4, 0.5) is 11.4 Å². The van der Waals surface area contributed by atoms with Gasteiger partial charge in [-0.3, -0.25) is 4.72 Å². The van der Waals surface area contributed by atoms with Gasteiger partial charge in [0.25, 0.3) is 10.0 Å². The standard InChI is InChI=1S/C12H9Cl3N2O3S/c13-7-4-9(15)12(5-8(7)14)21(19,20)17-10-3-6(16)1-2-11(10)18/h1-5,17-18H,16H2. The Morgan fingerprint density at radius 1 is 1.00 bits per heavy atom. The number of sulfonamides is 1. The van der Waals surface area contributed by atoms with Crippen molar-refractivity contribution in [2.24, 2.45) is 0 Å². The first-order valence-corrected chi connectivity index (χ1v) is 8.08. The molecule has 0 aliphatic rings. The highest BCUT2D eigenvalue weighted by Crippen LogP contribution is 2.34. The molecule has 0 atom stereocenters. The maximum atomic E-state index is 12.3. The molecule has 21 heavy (non-hydrogen) atoms. The van der Waals surface area contributed by atoms with Crippen molar-refractivity contribution in [1.82, 2.24) is 0 Å². The van der Waals surface area contributed by atoms with Crippen molar-refractivity contribution in [2.75, 3.05) is 10.5 Å². The summed E-state index contributed by atoms with van der Waals surface area (Å²) in [7, 11) is -4.06. The van der Waals surface area contributed by atoms with Crippen LogP contribution in [0.3, 0.4) is 0 Å². The zero-order valence-corrected chi connectivity index (χ0v) is 13.4. The third kappa shape index (κ3) is 3.47. The first-order chi connectivity index (χ1) is 9.70. The van der Waals surface area contributed by atoms with Gasteiger partial charge in [0.15, 0.2) is 0 Å². The molecule has 112 valence electrons. The lowest BCUT2D eigenvalue weighted by molar-refractivity contribution is 0.477. The van der Waals surface area contributed by atoms with Crippen LogP contribution in [0, 0.1) is 0 Å². The molecule has 0 saturated heterocycles. The Bertz CT molecular complexity index is 810. The van der Waals surface area contributed by atoms with Gasteiger partial charge in [-0.05, 0) is 30.3 Å². The molecule has 0 spiro atoms. The summed E-state index contributed by atoms with van der Waals surface area (Å²) in [5, 5.41) is 9.73. The molecule has 0 heterocycles. The summed E-state index contributed by atoms with van der Waals surface area (Å²) in [6.07, 6.45) is 0. The molecule has 0 aliphatic carbocycles. The van der Waals surface area contributed by atoms with E-state index < -0.39 is 10.0 Å². The Labute approximate surface area is 136 Å². The van der Waals surface area contributed by atoms with Crippen LogP contribution >= 0.6 is 34.8 Å². The minimum absolute atomic E-state index is 0.0400. The Morgan fingerprint density at radius 2 is 1.62 bits per heavy atom. The van der Waals surface area contributed by atoms with E-state index in [2.05, 4.69) is 4.72 Å². The number of nitrogen functional groups attached to an aromatic ring is 1. The number of hydrogen-bond donors (Lipinski definition) is 3. The molecule has 2 aromatic rings. The van der Waals surface area contributed by atoms with E-state index in [-0.39, 0.29) is 37.1 Å². The molecule has 0 saturated carbocycles. The SMILES string of the molecule is Nc1ccc(O)c(NS(=O)(=O)c2cc(Cl)c(Cl)cc2Cl)c1. The molecule has 2 aromatic carbocycles. The largest absolute Gasteiger partial charge is 0.506 e. The van der Waals surface area contributed by atoms with Crippen LogP contribution in [0.5, 0.6) is 5.75 Å². The Balaban J connectivity index is 2.48. The molecule has 4 N–H and O–H groups in total. The fourth-order valence-electron chi connectivity index (χ4n) is 1.55. The Kier molecular flexibility index (Phi) is 4.43. The van der Waals surface area contributed by atoms with Crippen molar-refractivity contribution >= 4 is 56.2 Å². The first kappa shape index (κ1) is 16.0. The van der Waals surface area contributed by atoms with Gasteiger partial charge in [0.05, 0.1) is 20.8 Å². The van der Waals surface area contributed by atoms with E-state index in [1.165, 1.54) is 24.3 Å². The smallest absolute Gasteiger partial charge is 0.263 e. The molecule has 0 aliphatic heterocycles. The van der Waals surface area contributed by atoms with Crippen LogP contribution < -0.4 is 10.5 Å². The molecule has 9 heteroatoms. The lowest BCUT2D eigenvalue weighted by Gasteiger charge is -2.12. The molecular formula is C12H9Cl3N2O3S. The molecule has 0 radical (unpaired) electrons. The quantitative estimate of drug-likeness (QED) is 0.333. The van der Waals surface area contributed by atoms with Gasteiger partial charge in [-0.15, -0.1) is 0 Å². The number of phenols is 1. The zero-order valence-electron chi connectivity index (χ0n) is 10.3. The van der Waals surface area contributed by atoms with Gasteiger partial charge < -0.3 is 10.8 Å². The summed E-state index contributed by atoms with van der Waals surface area (Å²) in [4.78, 5) is -0.264. The maximum absolute atomic E-state index is 12.3. The van der Waals surface area contributed by atoms with E-state index in [4.69, 9.17) is 40.5 Å². The van der Waals surface area contributed by atoms with Crippen molar-refractivity contribution in [3.05, 3.63) is 45.4 Å². The molecule has 2 rings (SSSR count). The van der Waals surface area contributed by atoms with E-state index in [0.717, 1.165) is 6.07 Å². The lowest BCUT2D eigenvalue weighted by Crippen LogP contribution is -2.14. The number of halogens is 3. The predicted molar refractivity (Wildman–Crippen MR) is 84.8 cm³/mol. The van der Waals surface area contributed by atoms with Crippen LogP contribution in [0.15, 0.2) is 35.2 Å². The fraction of sp³-hybridized carbons (Fsp3) is 0. The molecular weight excluding hydrogens is 359 g/mol. The van der Waals surface area contributed by atoms with Crippen molar-refractivity contribution in [3.63, 3.8) is 0 Å². The van der Waals surface area contributed by atoms with Crippen LogP contribution in [0.2, 0.25) is 15.1 Å². The minimum atomic E-state index is -4.06. The number of phenolic OH excluding ortho intramolecular Hbond substituents is 1. The van der Waals surface area contributed by atoms with Gasteiger partial charge in [-0.2, -0.15) is 0 Å². The monoisotopic (exact) mass is 366 g/mol. The van der Waals surface area contributed by atoms with Crippen molar-refractivity contribution in [1.29, 1.82) is 0 Å². The highest BCUT2D eigenvalue weighted by molar-refractivity contribution is 7.92. The molecule has 0 amide bonds. The number of hydrogen-bond acceptors (Lipinski definition) is 4. The van der Waals surface area contributed by atoms with E-state index >= 15 is 0 Å². The first-order valence-electron chi connectivity index (χ1n) is 5.46. The van der Waals surface area contributed by atoms with E-state index in [1.807, 2.05) is 0 Å². The van der Waals surface area contributed by atoms with Crippen molar-refractivity contribution in [2.45, 2.75) is 4.90 Å². The van der Waals surface area contributed by atoms with Gasteiger partial charge in [-0.25, -0.2) is 8.42 Å². The topological polar surface area (TPSA) is 92.4 Å².